The van der Waals surface area contributed by atoms with Gasteiger partial charge in [-0.05, 0) is 36.2 Å². The predicted molar refractivity (Wildman–Crippen MR) is 116 cm³/mol. The number of hydrogen-bond acceptors (Lipinski definition) is 8. The van der Waals surface area contributed by atoms with E-state index in [-0.39, 0.29) is 29.3 Å². The molecule has 10 nitrogen and oxygen atoms in total. The first-order chi connectivity index (χ1) is 15.2. The molecule has 3 rings (SSSR count). The van der Waals surface area contributed by atoms with Gasteiger partial charge >= 0.3 is 0 Å². The van der Waals surface area contributed by atoms with Crippen molar-refractivity contribution in [3.8, 4) is 17.2 Å². The molecule has 1 amide bonds. The molecule has 1 saturated heterocycles. The summed E-state index contributed by atoms with van der Waals surface area (Å²) in [6, 6.07) is 8.09. The molecule has 11 heteroatoms. The van der Waals surface area contributed by atoms with Gasteiger partial charge in [0.2, 0.25) is 5.75 Å². The normalized spacial score (nSPS) is 16.9. The number of hydrogen-bond donors (Lipinski definition) is 0. The van der Waals surface area contributed by atoms with Crippen molar-refractivity contribution in [3.05, 3.63) is 57.6 Å². The van der Waals surface area contributed by atoms with Crippen molar-refractivity contribution in [1.82, 2.24) is 4.90 Å². The first kappa shape index (κ1) is 23.3. The second-order valence-corrected chi connectivity index (χ2v) is 9.56. The van der Waals surface area contributed by atoms with E-state index in [9.17, 15) is 23.3 Å². The maximum absolute atomic E-state index is 13.3. The van der Waals surface area contributed by atoms with Crippen molar-refractivity contribution in [2.75, 3.05) is 32.8 Å². The van der Waals surface area contributed by atoms with E-state index in [2.05, 4.69) is 0 Å². The lowest BCUT2D eigenvalue weighted by Gasteiger charge is -2.29. The van der Waals surface area contributed by atoms with Gasteiger partial charge in [-0.2, -0.15) is 0 Å². The molecular formula is C21H24N2O8S. The van der Waals surface area contributed by atoms with Gasteiger partial charge in [0, 0.05) is 30.3 Å². The van der Waals surface area contributed by atoms with Gasteiger partial charge in [-0.15, -0.1) is 0 Å². The van der Waals surface area contributed by atoms with E-state index in [1.165, 1.54) is 50.5 Å². The fourth-order valence-corrected chi connectivity index (χ4v) is 5.43. The van der Waals surface area contributed by atoms with Crippen LogP contribution < -0.4 is 14.2 Å². The second-order valence-electron chi connectivity index (χ2n) is 7.33. The number of ether oxygens (including phenoxy) is 3. The number of amides is 1. The van der Waals surface area contributed by atoms with E-state index in [4.69, 9.17) is 14.2 Å². The fraction of sp³-hybridized carbons (Fsp3) is 0.381. The molecule has 32 heavy (non-hydrogen) atoms. The average molecular weight is 464 g/mol. The zero-order valence-corrected chi connectivity index (χ0v) is 18.8. The van der Waals surface area contributed by atoms with Crippen LogP contribution in [0.1, 0.15) is 22.3 Å². The lowest BCUT2D eigenvalue weighted by molar-refractivity contribution is -0.384. The van der Waals surface area contributed by atoms with Crippen molar-refractivity contribution in [2.24, 2.45) is 0 Å². The number of nitro benzene ring substituents is 1. The Morgan fingerprint density at radius 2 is 1.69 bits per heavy atom. The zero-order valence-electron chi connectivity index (χ0n) is 17.9. The SMILES string of the molecule is COc1cc(CN(C(=O)c2ccc([N+](=O)[O-])cc2)[C@@H]2CCS(=O)(=O)C2)cc(OC)c1OC. The summed E-state index contributed by atoms with van der Waals surface area (Å²) in [5.74, 6) is 0.645. The van der Waals surface area contributed by atoms with Gasteiger partial charge in [0.05, 0.1) is 37.8 Å². The summed E-state index contributed by atoms with van der Waals surface area (Å²) in [6.45, 7) is 0.0900. The Morgan fingerprint density at radius 3 is 2.12 bits per heavy atom. The maximum Gasteiger partial charge on any atom is 0.269 e. The van der Waals surface area contributed by atoms with Crippen molar-refractivity contribution in [3.63, 3.8) is 0 Å². The molecule has 0 aliphatic carbocycles. The fourth-order valence-electron chi connectivity index (χ4n) is 3.70. The average Bonchev–Trinajstić information content (AvgIpc) is 3.15. The van der Waals surface area contributed by atoms with Gasteiger partial charge in [0.1, 0.15) is 0 Å². The first-order valence-corrected chi connectivity index (χ1v) is 11.6. The van der Waals surface area contributed by atoms with E-state index in [0.29, 0.717) is 29.2 Å². The van der Waals surface area contributed by atoms with Crippen molar-refractivity contribution < 1.29 is 32.3 Å². The van der Waals surface area contributed by atoms with Crippen LogP contribution in [0.5, 0.6) is 17.2 Å². The van der Waals surface area contributed by atoms with E-state index < -0.39 is 26.7 Å². The Kier molecular flexibility index (Phi) is 6.87. The third-order valence-electron chi connectivity index (χ3n) is 5.31. The largest absolute Gasteiger partial charge is 0.493 e. The zero-order chi connectivity index (χ0) is 23.5. The molecular weight excluding hydrogens is 440 g/mol. The summed E-state index contributed by atoms with van der Waals surface area (Å²) < 4.78 is 40.3. The van der Waals surface area contributed by atoms with Gasteiger partial charge in [0.15, 0.2) is 21.3 Å². The Morgan fingerprint density at radius 1 is 1.09 bits per heavy atom. The standard InChI is InChI=1S/C21H24N2O8S/c1-29-18-10-14(11-19(30-2)20(18)31-3)12-22(17-8-9-32(27,28)13-17)21(24)15-4-6-16(7-5-15)23(25)26/h4-7,10-11,17H,8-9,12-13H2,1-3H3/t17-/m1/s1. The molecule has 0 aromatic heterocycles. The minimum absolute atomic E-state index is 0.00301. The number of rotatable bonds is 8. The van der Waals surface area contributed by atoms with Crippen LogP contribution in [0, 0.1) is 10.1 Å². The molecule has 1 atom stereocenters. The number of nitrogens with zero attached hydrogens (tertiary/aromatic N) is 2. The number of non-ortho nitro benzene ring substituents is 1. The summed E-state index contributed by atoms with van der Waals surface area (Å²) >= 11 is 0. The predicted octanol–water partition coefficient (Wildman–Crippen LogP) is 2.45. The van der Waals surface area contributed by atoms with Gasteiger partial charge in [-0.3, -0.25) is 14.9 Å². The number of methoxy groups -OCH3 is 3. The van der Waals surface area contributed by atoms with E-state index >= 15 is 0 Å². The summed E-state index contributed by atoms with van der Waals surface area (Å²) in [5.41, 5.74) is 0.743. The molecule has 1 aliphatic heterocycles. The van der Waals surface area contributed by atoms with Crippen LogP contribution in [0.2, 0.25) is 0 Å². The van der Waals surface area contributed by atoms with Crippen LogP contribution in [0.25, 0.3) is 0 Å². The summed E-state index contributed by atoms with van der Waals surface area (Å²) in [5, 5.41) is 10.9. The molecule has 2 aromatic rings. The molecule has 1 aliphatic rings. The number of carbonyl (C=O) groups is 1. The smallest absolute Gasteiger partial charge is 0.269 e. The highest BCUT2D eigenvalue weighted by molar-refractivity contribution is 7.91. The van der Waals surface area contributed by atoms with Crippen molar-refractivity contribution in [2.45, 2.75) is 19.0 Å². The lowest BCUT2D eigenvalue weighted by Crippen LogP contribution is -2.40. The minimum atomic E-state index is -3.26. The molecule has 0 saturated carbocycles. The monoisotopic (exact) mass is 464 g/mol. The Bertz CT molecular complexity index is 1090. The molecule has 0 spiro atoms. The summed E-state index contributed by atoms with van der Waals surface area (Å²) in [4.78, 5) is 25.2. The van der Waals surface area contributed by atoms with Crippen LogP contribution in [0.3, 0.4) is 0 Å². The lowest BCUT2D eigenvalue weighted by atomic mass is 10.1. The Hall–Kier alpha value is -3.34. The molecule has 0 radical (unpaired) electrons. The van der Waals surface area contributed by atoms with Gasteiger partial charge < -0.3 is 19.1 Å². The highest BCUT2D eigenvalue weighted by Gasteiger charge is 2.35. The molecule has 0 bridgehead atoms. The molecule has 172 valence electrons. The van der Waals surface area contributed by atoms with Crippen LogP contribution in [-0.2, 0) is 16.4 Å². The number of benzene rings is 2. The molecule has 2 aromatic carbocycles. The van der Waals surface area contributed by atoms with E-state index in [0.717, 1.165) is 0 Å². The Balaban J connectivity index is 1.98. The number of nitro groups is 1. The summed E-state index contributed by atoms with van der Waals surface area (Å²) in [7, 11) is 1.18. The van der Waals surface area contributed by atoms with Gasteiger partial charge in [-0.1, -0.05) is 0 Å². The van der Waals surface area contributed by atoms with Crippen LogP contribution in [0.15, 0.2) is 36.4 Å². The maximum atomic E-state index is 13.3. The molecule has 1 fully saturated rings. The summed E-state index contributed by atoms with van der Waals surface area (Å²) in [6.07, 6.45) is 0.311. The van der Waals surface area contributed by atoms with Crippen LogP contribution >= 0.6 is 0 Å². The van der Waals surface area contributed by atoms with Crippen molar-refractivity contribution >= 4 is 21.4 Å². The highest BCUT2D eigenvalue weighted by atomic mass is 32.2. The topological polar surface area (TPSA) is 125 Å². The number of sulfone groups is 1. The molecule has 0 N–H and O–H groups in total. The molecule has 1 heterocycles. The first-order valence-electron chi connectivity index (χ1n) is 9.73. The number of carbonyl (C=O) groups excluding carboxylic acids is 1. The molecule has 0 unspecified atom stereocenters. The third-order valence-corrected chi connectivity index (χ3v) is 7.06. The van der Waals surface area contributed by atoms with Gasteiger partial charge in [0.25, 0.3) is 11.6 Å². The highest BCUT2D eigenvalue weighted by Crippen LogP contribution is 2.39. The quantitative estimate of drug-likeness (QED) is 0.431. The van der Waals surface area contributed by atoms with Crippen molar-refractivity contribution in [1.29, 1.82) is 0 Å². The van der Waals surface area contributed by atoms with Crippen LogP contribution in [-0.4, -0.2) is 63.0 Å². The van der Waals surface area contributed by atoms with E-state index in [1.807, 2.05) is 0 Å². The Labute approximate surface area is 185 Å². The third kappa shape index (κ3) is 4.93. The second kappa shape index (κ2) is 9.43. The van der Waals surface area contributed by atoms with E-state index in [1.54, 1.807) is 12.1 Å². The van der Waals surface area contributed by atoms with Gasteiger partial charge in [-0.25, -0.2) is 8.42 Å². The van der Waals surface area contributed by atoms with Crippen LogP contribution in [0.4, 0.5) is 5.69 Å². The minimum Gasteiger partial charge on any atom is -0.493 e.